The topological polar surface area (TPSA) is 77.8 Å². The number of ketones is 1. The van der Waals surface area contributed by atoms with Gasteiger partial charge in [0.25, 0.3) is 5.91 Å². The maximum Gasteiger partial charge on any atom is 0.265 e. The van der Waals surface area contributed by atoms with E-state index in [2.05, 4.69) is 5.32 Å². The van der Waals surface area contributed by atoms with Gasteiger partial charge in [-0.25, -0.2) is 0 Å². The molecule has 4 rings (SSSR count). The number of hydrogen-bond donors (Lipinski definition) is 1. The van der Waals surface area contributed by atoms with Crippen LogP contribution in [0.15, 0.2) is 77.2 Å². The largest absolute Gasteiger partial charge is 0.493 e. The zero-order valence-corrected chi connectivity index (χ0v) is 18.2. The van der Waals surface area contributed by atoms with E-state index in [4.69, 9.17) is 25.5 Å². The summed E-state index contributed by atoms with van der Waals surface area (Å²) in [6, 6.07) is 20.6. The molecule has 0 saturated heterocycles. The Kier molecular flexibility index (Phi) is 6.14. The molecule has 1 N–H and O–H groups in total. The molecule has 0 bridgehead atoms. The minimum absolute atomic E-state index is 0.0337. The Balaban J connectivity index is 1.64. The normalized spacial score (nSPS) is 11.7. The molecule has 3 aromatic carbocycles. The van der Waals surface area contributed by atoms with Crippen LogP contribution in [-0.2, 0) is 4.79 Å². The predicted molar refractivity (Wildman–Crippen MR) is 123 cm³/mol. The van der Waals surface area contributed by atoms with Crippen LogP contribution >= 0.6 is 11.6 Å². The monoisotopic (exact) mass is 449 g/mol. The second-order valence-corrected chi connectivity index (χ2v) is 7.47. The molecule has 1 amide bonds. The predicted octanol–water partition coefficient (Wildman–Crippen LogP) is 5.73. The van der Waals surface area contributed by atoms with Crippen molar-refractivity contribution in [3.63, 3.8) is 0 Å². The van der Waals surface area contributed by atoms with Crippen molar-refractivity contribution in [3.05, 3.63) is 89.1 Å². The van der Waals surface area contributed by atoms with Gasteiger partial charge in [-0.05, 0) is 55.5 Å². The van der Waals surface area contributed by atoms with Crippen molar-refractivity contribution in [1.29, 1.82) is 0 Å². The van der Waals surface area contributed by atoms with E-state index in [9.17, 15) is 9.59 Å². The lowest BCUT2D eigenvalue weighted by atomic mass is 10.1. The number of fused-ring (bicyclic) bond motifs is 1. The fourth-order valence-electron chi connectivity index (χ4n) is 3.25. The van der Waals surface area contributed by atoms with E-state index in [0.29, 0.717) is 38.7 Å². The second kappa shape index (κ2) is 9.16. The summed E-state index contributed by atoms with van der Waals surface area (Å²) in [5.74, 6) is 0.178. The smallest absolute Gasteiger partial charge is 0.265 e. The molecule has 4 aromatic rings. The van der Waals surface area contributed by atoms with Crippen LogP contribution in [0.2, 0.25) is 5.02 Å². The summed E-state index contributed by atoms with van der Waals surface area (Å²) in [6.07, 6.45) is -0.863. The number of amides is 1. The van der Waals surface area contributed by atoms with Gasteiger partial charge in [0, 0.05) is 16.0 Å². The van der Waals surface area contributed by atoms with Gasteiger partial charge in [0.1, 0.15) is 5.58 Å². The van der Waals surface area contributed by atoms with Crippen LogP contribution in [0.1, 0.15) is 23.0 Å². The van der Waals surface area contributed by atoms with Crippen molar-refractivity contribution in [2.75, 3.05) is 12.4 Å². The lowest BCUT2D eigenvalue weighted by molar-refractivity contribution is -0.122. The molecule has 0 radical (unpaired) electrons. The van der Waals surface area contributed by atoms with Gasteiger partial charge in [0.05, 0.1) is 12.8 Å². The number of methoxy groups -OCH3 is 1. The van der Waals surface area contributed by atoms with E-state index >= 15 is 0 Å². The van der Waals surface area contributed by atoms with Crippen LogP contribution in [0, 0.1) is 0 Å². The van der Waals surface area contributed by atoms with Gasteiger partial charge in [0.2, 0.25) is 5.78 Å². The quantitative estimate of drug-likeness (QED) is 0.364. The molecule has 0 aliphatic carbocycles. The molecule has 0 aliphatic rings. The summed E-state index contributed by atoms with van der Waals surface area (Å²) in [6.45, 7) is 1.62. The van der Waals surface area contributed by atoms with Gasteiger partial charge in [-0.2, -0.15) is 0 Å². The highest BCUT2D eigenvalue weighted by Crippen LogP contribution is 2.33. The maximum atomic E-state index is 13.1. The molecule has 0 aliphatic heterocycles. The number of carbonyl (C=O) groups is 2. The number of nitrogens with one attached hydrogen (secondary N) is 1. The lowest BCUT2D eigenvalue weighted by Gasteiger charge is -2.16. The number of para-hydroxylation sites is 3. The molecule has 0 fully saturated rings. The van der Waals surface area contributed by atoms with Crippen LogP contribution in [0.5, 0.6) is 11.5 Å². The third-order valence-corrected chi connectivity index (χ3v) is 5.15. The average Bonchev–Trinajstić information content (AvgIpc) is 3.17. The fourth-order valence-corrected chi connectivity index (χ4v) is 3.37. The van der Waals surface area contributed by atoms with Crippen LogP contribution in [0.25, 0.3) is 11.0 Å². The first-order chi connectivity index (χ1) is 15.5. The van der Waals surface area contributed by atoms with Gasteiger partial charge >= 0.3 is 0 Å². The van der Waals surface area contributed by atoms with Crippen molar-refractivity contribution in [3.8, 4) is 11.5 Å². The summed E-state index contributed by atoms with van der Waals surface area (Å²) in [7, 11) is 1.53. The number of rotatable bonds is 7. The van der Waals surface area contributed by atoms with Crippen molar-refractivity contribution >= 4 is 39.9 Å². The number of carbonyl (C=O) groups excluding carboxylic acids is 2. The standard InChI is InChI=1S/C25H20ClNO5/c1-15(31-21-10-6-5-9-20(21)30-2)25(29)27-22-18-7-3-4-8-19(18)32-24(22)23(28)16-11-13-17(26)14-12-16/h3-15H,1-2H3,(H,27,29)/t15-/m1/s1. The Labute approximate surface area is 189 Å². The van der Waals surface area contributed by atoms with Crippen molar-refractivity contribution < 1.29 is 23.5 Å². The van der Waals surface area contributed by atoms with Gasteiger partial charge in [-0.1, -0.05) is 35.9 Å². The zero-order chi connectivity index (χ0) is 22.7. The number of anilines is 1. The summed E-state index contributed by atoms with van der Waals surface area (Å²) in [5, 5.41) is 3.94. The highest BCUT2D eigenvalue weighted by molar-refractivity contribution is 6.30. The van der Waals surface area contributed by atoms with Crippen LogP contribution in [0.3, 0.4) is 0 Å². The van der Waals surface area contributed by atoms with Crippen LogP contribution in [-0.4, -0.2) is 24.9 Å². The molecule has 0 spiro atoms. The molecule has 0 unspecified atom stereocenters. The highest BCUT2D eigenvalue weighted by atomic mass is 35.5. The Morgan fingerprint density at radius 2 is 1.59 bits per heavy atom. The highest BCUT2D eigenvalue weighted by Gasteiger charge is 2.26. The number of ether oxygens (including phenoxy) is 2. The molecule has 32 heavy (non-hydrogen) atoms. The first-order valence-corrected chi connectivity index (χ1v) is 10.3. The van der Waals surface area contributed by atoms with Gasteiger partial charge < -0.3 is 19.2 Å². The SMILES string of the molecule is COc1ccccc1O[C@H](C)C(=O)Nc1c(C(=O)c2ccc(Cl)cc2)oc2ccccc12. The first-order valence-electron chi connectivity index (χ1n) is 9.90. The van der Waals surface area contributed by atoms with E-state index in [1.807, 2.05) is 6.07 Å². The number of halogens is 1. The number of furan rings is 1. The molecule has 0 saturated carbocycles. The average molecular weight is 450 g/mol. The van der Waals surface area contributed by atoms with Gasteiger partial charge in [-0.3, -0.25) is 9.59 Å². The Hall–Kier alpha value is -3.77. The molecular weight excluding hydrogens is 430 g/mol. The summed E-state index contributed by atoms with van der Waals surface area (Å²) < 4.78 is 16.9. The van der Waals surface area contributed by atoms with Gasteiger partial charge in [0.15, 0.2) is 23.4 Å². The van der Waals surface area contributed by atoms with Crippen molar-refractivity contribution in [2.45, 2.75) is 13.0 Å². The molecule has 162 valence electrons. The minimum atomic E-state index is -0.863. The molecule has 1 atom stereocenters. The minimum Gasteiger partial charge on any atom is -0.493 e. The van der Waals surface area contributed by atoms with Crippen molar-refractivity contribution in [2.24, 2.45) is 0 Å². The lowest BCUT2D eigenvalue weighted by Crippen LogP contribution is -2.30. The number of benzene rings is 3. The third kappa shape index (κ3) is 4.31. The Morgan fingerprint density at radius 1 is 0.938 bits per heavy atom. The molecule has 7 heteroatoms. The van der Waals surface area contributed by atoms with E-state index in [0.717, 1.165) is 0 Å². The van der Waals surface area contributed by atoms with Gasteiger partial charge in [-0.15, -0.1) is 0 Å². The van der Waals surface area contributed by atoms with E-state index in [-0.39, 0.29) is 11.5 Å². The fraction of sp³-hybridized carbons (Fsp3) is 0.120. The second-order valence-electron chi connectivity index (χ2n) is 7.04. The molecule has 6 nitrogen and oxygen atoms in total. The van der Waals surface area contributed by atoms with E-state index < -0.39 is 12.0 Å². The number of hydrogen-bond acceptors (Lipinski definition) is 5. The van der Waals surface area contributed by atoms with Crippen LogP contribution < -0.4 is 14.8 Å². The molecular formula is C25H20ClNO5. The zero-order valence-electron chi connectivity index (χ0n) is 17.4. The Morgan fingerprint density at radius 3 is 2.31 bits per heavy atom. The van der Waals surface area contributed by atoms with E-state index in [1.54, 1.807) is 73.7 Å². The van der Waals surface area contributed by atoms with E-state index in [1.165, 1.54) is 7.11 Å². The molecule has 1 aromatic heterocycles. The summed E-state index contributed by atoms with van der Waals surface area (Å²) in [5.41, 5.74) is 1.17. The summed E-state index contributed by atoms with van der Waals surface area (Å²) >= 11 is 5.94. The molecule has 1 heterocycles. The third-order valence-electron chi connectivity index (χ3n) is 4.90. The summed E-state index contributed by atoms with van der Waals surface area (Å²) in [4.78, 5) is 26.1. The maximum absolute atomic E-state index is 13.1. The first kappa shape index (κ1) is 21.5. The van der Waals surface area contributed by atoms with Crippen LogP contribution in [0.4, 0.5) is 5.69 Å². The Bertz CT molecular complexity index is 1280. The van der Waals surface area contributed by atoms with Crippen molar-refractivity contribution in [1.82, 2.24) is 0 Å².